The minimum Gasteiger partial charge on any atom is -0.384 e. The van der Waals surface area contributed by atoms with Crippen molar-refractivity contribution in [1.29, 1.82) is 0 Å². The predicted octanol–water partition coefficient (Wildman–Crippen LogP) is 3.46. The van der Waals surface area contributed by atoms with Crippen LogP contribution in [-0.4, -0.2) is 27.5 Å². The molecule has 38 heavy (non-hydrogen) atoms. The minimum atomic E-state index is -0.583. The van der Waals surface area contributed by atoms with Gasteiger partial charge in [-0.25, -0.2) is 9.97 Å². The van der Waals surface area contributed by atoms with Gasteiger partial charge in [0.15, 0.2) is 5.82 Å². The van der Waals surface area contributed by atoms with Crippen LogP contribution in [0.25, 0.3) is 0 Å². The first kappa shape index (κ1) is 23.9. The van der Waals surface area contributed by atoms with E-state index in [1.54, 1.807) is 16.8 Å². The van der Waals surface area contributed by atoms with Gasteiger partial charge in [0.05, 0.1) is 6.04 Å². The lowest BCUT2D eigenvalue weighted by atomic mass is 9.82. The molecule has 1 aliphatic heterocycles. The summed E-state index contributed by atoms with van der Waals surface area (Å²) in [4.78, 5) is 38.0. The Bertz CT molecular complexity index is 1570. The number of hydrogen-bond acceptors (Lipinski definition) is 6. The molecule has 8 heteroatoms. The van der Waals surface area contributed by atoms with Crippen LogP contribution < -0.4 is 21.5 Å². The number of fused-ring (bicyclic) bond motifs is 3. The number of aryl methyl sites for hydroxylation is 2. The highest BCUT2D eigenvalue weighted by Crippen LogP contribution is 2.39. The molecule has 6 rings (SSSR count). The van der Waals surface area contributed by atoms with Gasteiger partial charge in [0.2, 0.25) is 5.91 Å². The van der Waals surface area contributed by atoms with Crippen LogP contribution in [0.15, 0.2) is 71.7 Å². The van der Waals surface area contributed by atoms with E-state index in [4.69, 9.17) is 5.73 Å². The summed E-state index contributed by atoms with van der Waals surface area (Å²) in [5, 5.41) is 2.99. The van der Waals surface area contributed by atoms with Crippen LogP contribution >= 0.6 is 0 Å². The van der Waals surface area contributed by atoms with Gasteiger partial charge in [0.1, 0.15) is 11.9 Å². The van der Waals surface area contributed by atoms with Gasteiger partial charge in [-0.3, -0.25) is 14.2 Å². The van der Waals surface area contributed by atoms with E-state index in [2.05, 4.69) is 51.7 Å². The number of carbonyl (C=O) groups is 1. The largest absolute Gasteiger partial charge is 0.384 e. The molecule has 4 aromatic rings. The summed E-state index contributed by atoms with van der Waals surface area (Å²) in [5.41, 5.74) is 12.8. The lowest BCUT2D eigenvalue weighted by molar-refractivity contribution is -0.124. The molecule has 1 atom stereocenters. The number of pyridine rings is 1. The molecule has 1 amide bonds. The number of nitrogen functional groups attached to an aromatic ring is 1. The Balaban J connectivity index is 1.32. The third-order valence-corrected chi connectivity index (χ3v) is 7.82. The molecule has 2 aliphatic rings. The monoisotopic (exact) mass is 506 g/mol. The van der Waals surface area contributed by atoms with Crippen LogP contribution in [0.2, 0.25) is 0 Å². The van der Waals surface area contributed by atoms with E-state index < -0.39 is 6.04 Å². The molecule has 0 bridgehead atoms. The summed E-state index contributed by atoms with van der Waals surface area (Å²) in [6.07, 6.45) is 3.79. The van der Waals surface area contributed by atoms with Crippen molar-refractivity contribution >= 4 is 17.5 Å². The summed E-state index contributed by atoms with van der Waals surface area (Å²) in [5.74, 6) is 0.597. The molecule has 0 spiro atoms. The lowest BCUT2D eigenvalue weighted by Gasteiger charge is -2.35. The van der Waals surface area contributed by atoms with Crippen molar-refractivity contribution in [3.05, 3.63) is 116 Å². The molecule has 0 radical (unpaired) electrons. The van der Waals surface area contributed by atoms with E-state index in [0.717, 1.165) is 23.4 Å². The number of benzene rings is 2. The van der Waals surface area contributed by atoms with Crippen molar-refractivity contribution < 1.29 is 4.79 Å². The van der Waals surface area contributed by atoms with Crippen LogP contribution in [-0.2, 0) is 24.2 Å². The van der Waals surface area contributed by atoms with Crippen molar-refractivity contribution in [2.45, 2.75) is 44.8 Å². The summed E-state index contributed by atoms with van der Waals surface area (Å²) in [6, 6.07) is 19.6. The van der Waals surface area contributed by atoms with Crippen molar-refractivity contribution in [3.8, 4) is 0 Å². The smallest absolute Gasteiger partial charge is 0.294 e. The average molecular weight is 507 g/mol. The van der Waals surface area contributed by atoms with Gasteiger partial charge < -0.3 is 16.0 Å². The first-order valence-corrected chi connectivity index (χ1v) is 12.9. The number of hydrogen-bond donors (Lipinski definition) is 2. The Morgan fingerprint density at radius 2 is 1.76 bits per heavy atom. The first-order valence-electron chi connectivity index (χ1n) is 12.9. The van der Waals surface area contributed by atoms with Crippen LogP contribution in [0.5, 0.6) is 0 Å². The second-order valence-electron chi connectivity index (χ2n) is 10.1. The van der Waals surface area contributed by atoms with Crippen molar-refractivity contribution in [3.63, 3.8) is 0 Å². The highest BCUT2D eigenvalue weighted by molar-refractivity contribution is 5.81. The molecule has 0 unspecified atom stereocenters. The Morgan fingerprint density at radius 1 is 1.08 bits per heavy atom. The highest BCUT2D eigenvalue weighted by atomic mass is 16.2. The molecule has 192 valence electrons. The number of nitrogens with zero attached hydrogens (tertiary/aromatic N) is 4. The van der Waals surface area contributed by atoms with E-state index in [-0.39, 0.29) is 17.5 Å². The predicted molar refractivity (Wildman–Crippen MR) is 147 cm³/mol. The maximum absolute atomic E-state index is 13.9. The van der Waals surface area contributed by atoms with Crippen molar-refractivity contribution in [1.82, 2.24) is 19.9 Å². The Kier molecular flexibility index (Phi) is 5.94. The zero-order chi connectivity index (χ0) is 26.4. The maximum Gasteiger partial charge on any atom is 0.294 e. The van der Waals surface area contributed by atoms with E-state index in [9.17, 15) is 9.59 Å². The number of amides is 1. The molecule has 3 heterocycles. The Morgan fingerprint density at radius 3 is 2.45 bits per heavy atom. The molecule has 1 aliphatic carbocycles. The quantitative estimate of drug-likeness (QED) is 0.429. The summed E-state index contributed by atoms with van der Waals surface area (Å²) in [7, 11) is 1.92. The topological polar surface area (TPSA) is 106 Å². The summed E-state index contributed by atoms with van der Waals surface area (Å²) < 4.78 is 1.63. The van der Waals surface area contributed by atoms with Gasteiger partial charge in [-0.2, -0.15) is 0 Å². The van der Waals surface area contributed by atoms with Gasteiger partial charge in [-0.05, 0) is 60.1 Å². The molecular formula is C30H30N6O2. The zero-order valence-corrected chi connectivity index (χ0v) is 21.5. The number of rotatable bonds is 5. The fourth-order valence-corrected chi connectivity index (χ4v) is 5.85. The van der Waals surface area contributed by atoms with E-state index in [1.807, 2.05) is 37.1 Å². The molecule has 3 N–H and O–H groups in total. The van der Waals surface area contributed by atoms with Crippen LogP contribution in [0, 0.1) is 6.92 Å². The lowest BCUT2D eigenvalue weighted by Crippen LogP contribution is -2.39. The van der Waals surface area contributed by atoms with Gasteiger partial charge in [0.25, 0.3) is 5.56 Å². The fourth-order valence-electron chi connectivity index (χ4n) is 5.85. The van der Waals surface area contributed by atoms with E-state index >= 15 is 0 Å². The number of anilines is 2. The number of nitrogens with two attached hydrogens (primary N) is 1. The summed E-state index contributed by atoms with van der Waals surface area (Å²) in [6.45, 7) is 2.19. The van der Waals surface area contributed by atoms with Crippen LogP contribution in [0.1, 0.15) is 57.7 Å². The second kappa shape index (κ2) is 9.45. The second-order valence-corrected chi connectivity index (χ2v) is 10.1. The number of aromatic nitrogens is 3. The summed E-state index contributed by atoms with van der Waals surface area (Å²) >= 11 is 0. The maximum atomic E-state index is 13.9. The van der Waals surface area contributed by atoms with Crippen molar-refractivity contribution in [2.24, 2.45) is 0 Å². The molecular weight excluding hydrogens is 476 g/mol. The fraction of sp³-hybridized carbons (Fsp3) is 0.267. The van der Waals surface area contributed by atoms with Gasteiger partial charge >= 0.3 is 0 Å². The zero-order valence-electron chi connectivity index (χ0n) is 21.5. The van der Waals surface area contributed by atoms with Crippen LogP contribution in [0.4, 0.5) is 11.6 Å². The molecule has 2 aromatic carbocycles. The normalized spacial score (nSPS) is 15.9. The van der Waals surface area contributed by atoms with E-state index in [0.29, 0.717) is 31.0 Å². The standard InChI is InChI=1S/C30H30N6O2/c1-18-21(11-14-26(31)34-18)16-33-29(37)25-13-12-22-17-32-28(30(38)36(22)25)35(2)27-23-9-5-3-7-19(23)15-20-8-4-6-10-24(20)27/h3-11,14,17,25,27H,12-13,15-16H2,1-2H3,(H2,31,34)(H,33,37)/t25-/m0/s1. The third kappa shape index (κ3) is 4.02. The van der Waals surface area contributed by atoms with Gasteiger partial charge in [-0.1, -0.05) is 54.6 Å². The Hall–Kier alpha value is -4.46. The van der Waals surface area contributed by atoms with Crippen molar-refractivity contribution in [2.75, 3.05) is 17.7 Å². The molecule has 0 fully saturated rings. The number of nitrogens with one attached hydrogen (secondary N) is 1. The Labute approximate surface area is 221 Å². The first-order chi connectivity index (χ1) is 18.4. The van der Waals surface area contributed by atoms with E-state index in [1.165, 1.54) is 22.3 Å². The number of carbonyl (C=O) groups excluding carboxylic acids is 1. The van der Waals surface area contributed by atoms with Crippen LogP contribution in [0.3, 0.4) is 0 Å². The third-order valence-electron chi connectivity index (χ3n) is 7.82. The molecule has 0 saturated carbocycles. The average Bonchev–Trinajstić information content (AvgIpc) is 3.36. The minimum absolute atomic E-state index is 0.148. The molecule has 0 saturated heterocycles. The molecule has 2 aromatic heterocycles. The highest BCUT2D eigenvalue weighted by Gasteiger charge is 2.34. The van der Waals surface area contributed by atoms with Gasteiger partial charge in [0, 0.05) is 31.2 Å². The SMILES string of the molecule is Cc1nc(N)ccc1CNC(=O)[C@@H]1CCc2cnc(N(C)C3c4ccccc4Cc4ccccc43)c(=O)n21. The van der Waals surface area contributed by atoms with Gasteiger partial charge in [-0.15, -0.1) is 0 Å². The molecule has 8 nitrogen and oxygen atoms in total.